The molecule has 4 heteroatoms. The summed E-state index contributed by atoms with van der Waals surface area (Å²) in [6.07, 6.45) is 2.16. The van der Waals surface area contributed by atoms with Gasteiger partial charge in [-0.05, 0) is 25.8 Å². The second kappa shape index (κ2) is 5.08. The molecular weight excluding hydrogens is 228 g/mol. The number of nitrogens with two attached hydrogens (primary N) is 1. The Morgan fingerprint density at radius 3 is 2.67 bits per heavy atom. The summed E-state index contributed by atoms with van der Waals surface area (Å²) in [6, 6.07) is 7.32. The van der Waals surface area contributed by atoms with Crippen molar-refractivity contribution in [3.8, 4) is 0 Å². The average Bonchev–Trinajstić information content (AvgIpc) is 2.28. The first-order valence-corrected chi connectivity index (χ1v) is 6.37. The monoisotopic (exact) mass is 248 g/mol. The van der Waals surface area contributed by atoms with Crippen LogP contribution in [-0.2, 0) is 4.79 Å². The summed E-state index contributed by atoms with van der Waals surface area (Å²) >= 11 is 0. The molecule has 0 aromatic heterocycles. The Kier molecular flexibility index (Phi) is 3.68. The largest absolute Gasteiger partial charge is 0.389 e. The van der Waals surface area contributed by atoms with E-state index in [0.29, 0.717) is 12.2 Å². The number of hydrogen-bond acceptors (Lipinski definition) is 3. The summed E-state index contributed by atoms with van der Waals surface area (Å²) < 4.78 is 0. The van der Waals surface area contributed by atoms with Crippen LogP contribution in [-0.4, -0.2) is 17.6 Å². The predicted octanol–water partition coefficient (Wildman–Crippen LogP) is 1.81. The van der Waals surface area contributed by atoms with Crippen LogP contribution in [0.2, 0.25) is 0 Å². The lowest BCUT2D eigenvalue weighted by Crippen LogP contribution is -2.47. The summed E-state index contributed by atoms with van der Waals surface area (Å²) in [5.41, 5.74) is 6.73. The van der Waals surface area contributed by atoms with Gasteiger partial charge >= 0.3 is 0 Å². The molecule has 4 nitrogen and oxygen atoms in total. The van der Waals surface area contributed by atoms with Crippen molar-refractivity contribution in [3.05, 3.63) is 29.8 Å². The fourth-order valence-electron chi connectivity index (χ4n) is 2.36. The zero-order valence-corrected chi connectivity index (χ0v) is 10.6. The number of rotatable bonds is 4. The molecule has 0 radical (unpaired) electrons. The van der Waals surface area contributed by atoms with E-state index in [1.165, 1.54) is 0 Å². The molecule has 1 amide bonds. The van der Waals surface area contributed by atoms with Crippen molar-refractivity contribution in [2.75, 3.05) is 11.9 Å². The first-order chi connectivity index (χ1) is 8.59. The number of nitrogens with one attached hydrogen (secondary N) is 1. The van der Waals surface area contributed by atoms with E-state index in [9.17, 15) is 9.90 Å². The van der Waals surface area contributed by atoms with Gasteiger partial charge in [-0.3, -0.25) is 4.79 Å². The zero-order valence-electron chi connectivity index (χ0n) is 10.6. The van der Waals surface area contributed by atoms with Crippen LogP contribution in [0.4, 0.5) is 5.69 Å². The lowest BCUT2D eigenvalue weighted by Gasteiger charge is -2.39. The first-order valence-electron chi connectivity index (χ1n) is 6.37. The highest BCUT2D eigenvalue weighted by Gasteiger charge is 2.42. The van der Waals surface area contributed by atoms with Gasteiger partial charge in [-0.15, -0.1) is 0 Å². The molecule has 0 aliphatic heterocycles. The van der Waals surface area contributed by atoms with E-state index in [4.69, 9.17) is 5.73 Å². The molecule has 1 unspecified atom stereocenters. The van der Waals surface area contributed by atoms with Crippen molar-refractivity contribution in [1.29, 1.82) is 0 Å². The third-order valence-corrected chi connectivity index (χ3v) is 3.84. The number of hydrogen-bond donors (Lipinski definition) is 3. The summed E-state index contributed by atoms with van der Waals surface area (Å²) in [7, 11) is 0. The molecule has 0 bridgehead atoms. The maximum absolute atomic E-state index is 12.2. The van der Waals surface area contributed by atoms with Crippen LogP contribution >= 0.6 is 0 Å². The van der Waals surface area contributed by atoms with E-state index in [1.54, 1.807) is 6.92 Å². The maximum atomic E-state index is 12.2. The van der Waals surface area contributed by atoms with Gasteiger partial charge in [0, 0.05) is 17.8 Å². The van der Waals surface area contributed by atoms with E-state index < -0.39 is 11.5 Å². The van der Waals surface area contributed by atoms with Crippen LogP contribution < -0.4 is 11.1 Å². The molecule has 1 fully saturated rings. The lowest BCUT2D eigenvalue weighted by molar-refractivity contribution is -0.129. The summed E-state index contributed by atoms with van der Waals surface area (Å²) in [4.78, 5) is 12.2. The van der Waals surface area contributed by atoms with Crippen molar-refractivity contribution >= 4 is 11.6 Å². The molecule has 1 aromatic rings. The van der Waals surface area contributed by atoms with Crippen LogP contribution in [0.1, 0.15) is 37.9 Å². The molecule has 1 atom stereocenters. The second-order valence-corrected chi connectivity index (χ2v) is 5.06. The summed E-state index contributed by atoms with van der Waals surface area (Å²) in [5.74, 6) is -0.0237. The Morgan fingerprint density at radius 2 is 2.17 bits per heavy atom. The topological polar surface area (TPSA) is 75.3 Å². The zero-order chi connectivity index (χ0) is 13.2. The normalized spacial score (nSPS) is 18.8. The van der Waals surface area contributed by atoms with Gasteiger partial charge in [0.25, 0.3) is 0 Å². The maximum Gasteiger partial charge on any atom is 0.231 e. The van der Waals surface area contributed by atoms with Crippen LogP contribution in [0, 0.1) is 5.41 Å². The minimum atomic E-state index is -0.600. The number of benzene rings is 1. The Bertz CT molecular complexity index is 434. The van der Waals surface area contributed by atoms with Crippen LogP contribution in [0.15, 0.2) is 24.3 Å². The second-order valence-electron chi connectivity index (χ2n) is 5.06. The van der Waals surface area contributed by atoms with Gasteiger partial charge in [0.1, 0.15) is 0 Å². The Labute approximate surface area is 107 Å². The number of amides is 1. The third kappa shape index (κ3) is 2.26. The number of para-hydroxylation sites is 1. The summed E-state index contributed by atoms with van der Waals surface area (Å²) in [5, 5.41) is 12.6. The highest BCUT2D eigenvalue weighted by Crippen LogP contribution is 2.41. The fourth-order valence-corrected chi connectivity index (χ4v) is 2.36. The SMILES string of the molecule is CC(O)c1ccccc1NC(=O)C1(CN)CCC1. The van der Waals surface area contributed by atoms with Gasteiger partial charge in [0.2, 0.25) is 5.91 Å². The van der Waals surface area contributed by atoms with Crippen LogP contribution in [0.3, 0.4) is 0 Å². The number of aliphatic hydroxyl groups is 1. The van der Waals surface area contributed by atoms with E-state index >= 15 is 0 Å². The predicted molar refractivity (Wildman–Crippen MR) is 71.0 cm³/mol. The van der Waals surface area contributed by atoms with E-state index in [-0.39, 0.29) is 5.91 Å². The molecule has 98 valence electrons. The molecule has 2 rings (SSSR count). The van der Waals surface area contributed by atoms with Crippen molar-refractivity contribution in [2.24, 2.45) is 11.1 Å². The molecular formula is C14H20N2O2. The van der Waals surface area contributed by atoms with E-state index in [0.717, 1.165) is 24.8 Å². The molecule has 1 aliphatic rings. The van der Waals surface area contributed by atoms with Crippen LogP contribution in [0.5, 0.6) is 0 Å². The average molecular weight is 248 g/mol. The minimum absolute atomic E-state index is 0.0237. The van der Waals surface area contributed by atoms with E-state index in [2.05, 4.69) is 5.32 Å². The molecule has 1 aromatic carbocycles. The smallest absolute Gasteiger partial charge is 0.231 e. The van der Waals surface area contributed by atoms with Gasteiger partial charge in [0.15, 0.2) is 0 Å². The molecule has 18 heavy (non-hydrogen) atoms. The Morgan fingerprint density at radius 1 is 1.50 bits per heavy atom. The molecule has 0 spiro atoms. The fraction of sp³-hybridized carbons (Fsp3) is 0.500. The van der Waals surface area contributed by atoms with Crippen LogP contribution in [0.25, 0.3) is 0 Å². The molecule has 0 heterocycles. The highest BCUT2D eigenvalue weighted by atomic mass is 16.3. The van der Waals surface area contributed by atoms with Crippen molar-refractivity contribution < 1.29 is 9.90 Å². The molecule has 0 saturated heterocycles. The number of carbonyl (C=O) groups is 1. The first kappa shape index (κ1) is 13.1. The number of aliphatic hydroxyl groups excluding tert-OH is 1. The van der Waals surface area contributed by atoms with Crippen molar-refractivity contribution in [2.45, 2.75) is 32.3 Å². The number of carbonyl (C=O) groups excluding carboxylic acids is 1. The quantitative estimate of drug-likeness (QED) is 0.760. The van der Waals surface area contributed by atoms with Crippen molar-refractivity contribution in [1.82, 2.24) is 0 Å². The van der Waals surface area contributed by atoms with Gasteiger partial charge < -0.3 is 16.2 Å². The summed E-state index contributed by atoms with van der Waals surface area (Å²) in [6.45, 7) is 2.07. The molecule has 1 aliphatic carbocycles. The molecule has 1 saturated carbocycles. The van der Waals surface area contributed by atoms with Gasteiger partial charge in [-0.2, -0.15) is 0 Å². The lowest BCUT2D eigenvalue weighted by atomic mass is 9.68. The van der Waals surface area contributed by atoms with Gasteiger partial charge in [-0.1, -0.05) is 24.6 Å². The number of anilines is 1. The van der Waals surface area contributed by atoms with Gasteiger partial charge in [0.05, 0.1) is 11.5 Å². The van der Waals surface area contributed by atoms with Gasteiger partial charge in [-0.25, -0.2) is 0 Å². The van der Waals surface area contributed by atoms with Crippen molar-refractivity contribution in [3.63, 3.8) is 0 Å². The molecule has 4 N–H and O–H groups in total. The standard InChI is InChI=1S/C14H20N2O2/c1-10(17)11-5-2-3-6-12(11)16-13(18)14(9-15)7-4-8-14/h2-3,5-6,10,17H,4,7-9,15H2,1H3,(H,16,18). The highest BCUT2D eigenvalue weighted by molar-refractivity contribution is 5.96. The third-order valence-electron chi connectivity index (χ3n) is 3.84. The van der Waals surface area contributed by atoms with E-state index in [1.807, 2.05) is 24.3 Å². The Balaban J connectivity index is 2.17. The Hall–Kier alpha value is -1.39. The minimum Gasteiger partial charge on any atom is -0.389 e.